The Morgan fingerprint density at radius 3 is 1.25 bits per heavy atom. The summed E-state index contributed by atoms with van der Waals surface area (Å²) in [7, 11) is 0. The Kier molecular flexibility index (Phi) is 53.2. The third-order valence-electron chi connectivity index (χ3n) is 15.8. The van der Waals surface area contributed by atoms with Gasteiger partial charge in [-0.05, 0) is 57.8 Å². The van der Waals surface area contributed by atoms with Gasteiger partial charge in [-0.3, -0.25) is 9.59 Å². The average molecular weight is 1090 g/mol. The minimum Gasteiger partial charge on any atom is -0.466 e. The Bertz CT molecular complexity index is 1330. The van der Waals surface area contributed by atoms with Gasteiger partial charge in [0.1, 0.15) is 24.4 Å². The van der Waals surface area contributed by atoms with Crippen LogP contribution in [0.5, 0.6) is 0 Å². The van der Waals surface area contributed by atoms with E-state index in [4.69, 9.17) is 14.2 Å². The van der Waals surface area contributed by atoms with E-state index in [0.29, 0.717) is 19.4 Å². The molecule has 0 bridgehead atoms. The van der Waals surface area contributed by atoms with Gasteiger partial charge in [-0.2, -0.15) is 0 Å². The quantitative estimate of drug-likeness (QED) is 0.0195. The average Bonchev–Trinajstić information content (AvgIpc) is 3.43. The molecule has 1 saturated heterocycles. The molecule has 0 spiro atoms. The molecule has 0 aromatic carbocycles. The van der Waals surface area contributed by atoms with Crippen LogP contribution in [0.4, 0.5) is 0 Å². The van der Waals surface area contributed by atoms with E-state index in [9.17, 15) is 35.1 Å². The number of carbonyl (C=O) groups excluding carboxylic acids is 2. The predicted octanol–water partition coefficient (Wildman–Crippen LogP) is 16.1. The SMILES string of the molecule is CCCCCCCC/C=C\CCCCCCCCCC(=O)OCCCCCCCCCCCCCCCCCCCCCCCCCC(=O)NC(COC1OC(CO)C(O)C(O)C1O)C(O)/C=C/CCCCCCCCC. The third kappa shape index (κ3) is 45.4. The first-order valence-corrected chi connectivity index (χ1v) is 33.1. The molecule has 11 nitrogen and oxygen atoms in total. The molecule has 1 aliphatic rings. The van der Waals surface area contributed by atoms with E-state index in [0.717, 1.165) is 57.8 Å². The molecule has 0 radical (unpaired) electrons. The van der Waals surface area contributed by atoms with Crippen molar-refractivity contribution in [2.75, 3.05) is 19.8 Å². The summed E-state index contributed by atoms with van der Waals surface area (Å²) in [5.74, 6) is -0.183. The number of carbonyl (C=O) groups is 2. The minimum atomic E-state index is -1.57. The van der Waals surface area contributed by atoms with Crippen molar-refractivity contribution in [1.29, 1.82) is 0 Å². The highest BCUT2D eigenvalue weighted by molar-refractivity contribution is 5.76. The lowest BCUT2D eigenvalue weighted by atomic mass is 9.99. The monoisotopic (exact) mass is 1090 g/mol. The standard InChI is InChI=1S/C66H125NO10/c1-3-5-7-9-11-13-14-15-16-24-28-31-34-38-42-46-50-54-62(71)75-55-51-47-43-39-35-32-29-26-23-21-19-17-18-20-22-25-27-30-33-37-41-45-49-53-61(70)67-58(59(69)52-48-44-40-36-12-10-8-6-4-2)57-76-66-65(74)64(73)63(72)60(56-68)77-66/h15-16,48,52,58-60,63-66,68-69,72-74H,3-14,17-47,49-51,53-57H2,1-2H3,(H,67,70)/b16-15-,52-48+. The first kappa shape index (κ1) is 73.2. The predicted molar refractivity (Wildman–Crippen MR) is 320 cm³/mol. The van der Waals surface area contributed by atoms with E-state index < -0.39 is 49.5 Å². The second kappa shape index (κ2) is 56.0. The van der Waals surface area contributed by atoms with Gasteiger partial charge in [0.05, 0.1) is 32.0 Å². The number of hydrogen-bond acceptors (Lipinski definition) is 10. The zero-order valence-electron chi connectivity index (χ0n) is 50.2. The fourth-order valence-corrected chi connectivity index (χ4v) is 10.5. The summed E-state index contributed by atoms with van der Waals surface area (Å²) in [6, 6.07) is -0.808. The van der Waals surface area contributed by atoms with E-state index in [-0.39, 0.29) is 18.5 Å². The molecule has 1 aliphatic heterocycles. The van der Waals surface area contributed by atoms with Crippen molar-refractivity contribution in [3.8, 4) is 0 Å². The molecular formula is C66H125NO10. The van der Waals surface area contributed by atoms with Gasteiger partial charge >= 0.3 is 5.97 Å². The highest BCUT2D eigenvalue weighted by Gasteiger charge is 2.44. The molecule has 0 aromatic heterocycles. The van der Waals surface area contributed by atoms with E-state index in [1.807, 2.05) is 6.08 Å². The number of esters is 1. The van der Waals surface area contributed by atoms with Crippen LogP contribution < -0.4 is 5.32 Å². The lowest BCUT2D eigenvalue weighted by molar-refractivity contribution is -0.302. The Balaban J connectivity index is 1.94. The minimum absolute atomic E-state index is 0.000330. The number of aliphatic hydroxyl groups excluding tert-OH is 5. The maximum Gasteiger partial charge on any atom is 0.305 e. The van der Waals surface area contributed by atoms with Crippen LogP contribution in [0.15, 0.2) is 24.3 Å². The first-order valence-electron chi connectivity index (χ1n) is 33.1. The highest BCUT2D eigenvalue weighted by atomic mass is 16.7. The van der Waals surface area contributed by atoms with Gasteiger partial charge in [-0.25, -0.2) is 0 Å². The largest absolute Gasteiger partial charge is 0.466 e. The summed E-state index contributed by atoms with van der Waals surface area (Å²) in [6.07, 6.45) is 58.8. The van der Waals surface area contributed by atoms with Crippen LogP contribution in [0.3, 0.4) is 0 Å². The third-order valence-corrected chi connectivity index (χ3v) is 15.8. The Labute approximate surface area is 473 Å². The number of aliphatic hydroxyl groups is 5. The highest BCUT2D eigenvalue weighted by Crippen LogP contribution is 2.23. The van der Waals surface area contributed by atoms with Gasteiger partial charge in [-0.1, -0.05) is 276 Å². The topological polar surface area (TPSA) is 175 Å². The molecule has 1 fully saturated rings. The van der Waals surface area contributed by atoms with Crippen LogP contribution in [0, 0.1) is 0 Å². The summed E-state index contributed by atoms with van der Waals surface area (Å²) in [4.78, 5) is 25.1. The summed E-state index contributed by atoms with van der Waals surface area (Å²) in [6.45, 7) is 4.33. The van der Waals surface area contributed by atoms with Crippen LogP contribution in [-0.2, 0) is 23.8 Å². The number of nitrogens with one attached hydrogen (secondary N) is 1. The molecule has 7 unspecified atom stereocenters. The summed E-state index contributed by atoms with van der Waals surface area (Å²) < 4.78 is 16.7. The van der Waals surface area contributed by atoms with E-state index >= 15 is 0 Å². The van der Waals surface area contributed by atoms with Crippen molar-refractivity contribution < 1.29 is 49.3 Å². The lowest BCUT2D eigenvalue weighted by Gasteiger charge is -2.40. The summed E-state index contributed by atoms with van der Waals surface area (Å²) >= 11 is 0. The molecule has 0 aromatic rings. The molecule has 0 aliphatic carbocycles. The number of ether oxygens (including phenoxy) is 3. The van der Waals surface area contributed by atoms with Crippen LogP contribution in [0.25, 0.3) is 0 Å². The zero-order valence-corrected chi connectivity index (χ0v) is 50.2. The normalized spacial score (nSPS) is 18.7. The van der Waals surface area contributed by atoms with Crippen LogP contribution in [0.1, 0.15) is 322 Å². The van der Waals surface area contributed by atoms with Crippen molar-refractivity contribution in [3.05, 3.63) is 24.3 Å². The van der Waals surface area contributed by atoms with Crippen molar-refractivity contribution in [3.63, 3.8) is 0 Å². The molecule has 6 N–H and O–H groups in total. The van der Waals surface area contributed by atoms with Crippen LogP contribution >= 0.6 is 0 Å². The molecule has 1 heterocycles. The number of amides is 1. The fourth-order valence-electron chi connectivity index (χ4n) is 10.5. The molecule has 454 valence electrons. The van der Waals surface area contributed by atoms with Gasteiger partial charge in [0.2, 0.25) is 5.91 Å². The zero-order chi connectivity index (χ0) is 55.9. The van der Waals surface area contributed by atoms with Crippen molar-refractivity contribution >= 4 is 11.9 Å². The Morgan fingerprint density at radius 1 is 0.468 bits per heavy atom. The molecule has 77 heavy (non-hydrogen) atoms. The molecule has 1 rings (SSSR count). The fraction of sp³-hybridized carbons (Fsp3) is 0.909. The van der Waals surface area contributed by atoms with Crippen molar-refractivity contribution in [2.24, 2.45) is 0 Å². The van der Waals surface area contributed by atoms with Crippen molar-refractivity contribution in [2.45, 2.75) is 365 Å². The second-order valence-corrected chi connectivity index (χ2v) is 23.2. The lowest BCUT2D eigenvalue weighted by Crippen LogP contribution is -2.60. The van der Waals surface area contributed by atoms with Crippen LogP contribution in [-0.4, -0.2) is 100 Å². The summed E-state index contributed by atoms with van der Waals surface area (Å²) in [5, 5.41) is 54.3. The van der Waals surface area contributed by atoms with Gasteiger partial charge in [-0.15, -0.1) is 0 Å². The first-order chi connectivity index (χ1) is 37.7. The van der Waals surface area contributed by atoms with E-state index in [2.05, 4.69) is 31.3 Å². The molecule has 1 amide bonds. The maximum atomic E-state index is 13.0. The number of rotatable bonds is 58. The van der Waals surface area contributed by atoms with E-state index in [1.54, 1.807) is 6.08 Å². The van der Waals surface area contributed by atoms with E-state index in [1.165, 1.54) is 238 Å². The molecular weight excluding hydrogens is 967 g/mol. The van der Waals surface area contributed by atoms with Gasteiger partial charge < -0.3 is 45.1 Å². The maximum absolute atomic E-state index is 13.0. The number of allylic oxidation sites excluding steroid dienone is 3. The Morgan fingerprint density at radius 2 is 0.831 bits per heavy atom. The summed E-state index contributed by atoms with van der Waals surface area (Å²) in [5.41, 5.74) is 0. The van der Waals surface area contributed by atoms with Gasteiger partial charge in [0.15, 0.2) is 6.29 Å². The second-order valence-electron chi connectivity index (χ2n) is 23.2. The smallest absolute Gasteiger partial charge is 0.305 e. The molecule has 7 atom stereocenters. The Hall–Kier alpha value is -1.86. The number of hydrogen-bond donors (Lipinski definition) is 6. The van der Waals surface area contributed by atoms with Gasteiger partial charge in [0, 0.05) is 12.8 Å². The number of unbranched alkanes of at least 4 members (excludes halogenated alkanes) is 42. The van der Waals surface area contributed by atoms with Crippen LogP contribution in [0.2, 0.25) is 0 Å². The van der Waals surface area contributed by atoms with Crippen molar-refractivity contribution in [1.82, 2.24) is 5.32 Å². The van der Waals surface area contributed by atoms with Gasteiger partial charge in [0.25, 0.3) is 0 Å². The molecule has 0 saturated carbocycles. The molecule has 11 heteroatoms.